The molecule has 48 heavy (non-hydrogen) atoms. The summed E-state index contributed by atoms with van der Waals surface area (Å²) in [6, 6.07) is 55.0. The highest BCUT2D eigenvalue weighted by molar-refractivity contribution is 6.13. The third-order valence-electron chi connectivity index (χ3n) is 10.1. The van der Waals surface area contributed by atoms with Gasteiger partial charge in [-0.1, -0.05) is 92.7 Å². The highest BCUT2D eigenvalue weighted by atomic mass is 16.3. The number of hydrogen-bond donors (Lipinski definition) is 0. The second-order valence-corrected chi connectivity index (χ2v) is 13.2. The van der Waals surface area contributed by atoms with E-state index in [0.29, 0.717) is 5.92 Å². The van der Waals surface area contributed by atoms with Crippen LogP contribution in [0.1, 0.15) is 25.3 Å². The van der Waals surface area contributed by atoms with E-state index in [1.807, 2.05) is 0 Å². The third-order valence-corrected chi connectivity index (χ3v) is 10.1. The summed E-state index contributed by atoms with van der Waals surface area (Å²) in [7, 11) is 0. The molecule has 10 aromatic rings. The van der Waals surface area contributed by atoms with Crippen LogP contribution >= 0.6 is 0 Å². The lowest BCUT2D eigenvalue weighted by Gasteiger charge is -2.10. The number of hydrogen-bond acceptors (Lipinski definition) is 1. The van der Waals surface area contributed by atoms with Crippen LogP contribution in [0, 0.1) is 0 Å². The zero-order chi connectivity index (χ0) is 31.9. The van der Waals surface area contributed by atoms with Crippen LogP contribution < -0.4 is 0 Å². The lowest BCUT2D eigenvalue weighted by atomic mass is 10.0. The van der Waals surface area contributed by atoms with Crippen LogP contribution in [0.2, 0.25) is 0 Å². The molecule has 228 valence electrons. The molecule has 0 spiro atoms. The first-order valence-corrected chi connectivity index (χ1v) is 16.7. The first kappa shape index (κ1) is 27.1. The summed E-state index contributed by atoms with van der Waals surface area (Å²) in [5, 5.41) is 7.28. The van der Waals surface area contributed by atoms with Crippen LogP contribution in [0.3, 0.4) is 0 Å². The maximum Gasteiger partial charge on any atom is 0.135 e. The van der Waals surface area contributed by atoms with Gasteiger partial charge in [0.05, 0.1) is 22.1 Å². The molecule has 10 rings (SSSR count). The van der Waals surface area contributed by atoms with Gasteiger partial charge in [-0.3, -0.25) is 0 Å². The number of rotatable bonds is 4. The zero-order valence-corrected chi connectivity index (χ0v) is 26.8. The Balaban J connectivity index is 1.18. The first-order valence-electron chi connectivity index (χ1n) is 16.7. The molecule has 0 saturated carbocycles. The molecule has 3 nitrogen and oxygen atoms in total. The molecule has 0 N–H and O–H groups in total. The van der Waals surface area contributed by atoms with Crippen molar-refractivity contribution in [1.82, 2.24) is 9.13 Å². The molecule has 7 aromatic carbocycles. The van der Waals surface area contributed by atoms with Crippen LogP contribution in [0.4, 0.5) is 0 Å². The second kappa shape index (κ2) is 10.2. The standard InChI is InChI=1S/C45H32N2O/c1-28(2)30-16-20-42-36(24-30)34-12-6-8-14-40(34)46(42)32-18-22-44-38(26-32)39-27-33(19-23-45(39)48-44)47-41-15-9-7-13-35(41)37-25-31(17-21-43(37)47)29-10-4-3-5-11-29/h3-28H,1-2H3. The molecular weight excluding hydrogens is 585 g/mol. The Morgan fingerprint density at radius 2 is 0.917 bits per heavy atom. The molecule has 3 heterocycles. The van der Waals surface area contributed by atoms with Crippen LogP contribution in [0.25, 0.3) is 88.1 Å². The van der Waals surface area contributed by atoms with E-state index in [9.17, 15) is 0 Å². The number of para-hydroxylation sites is 2. The summed E-state index contributed by atoms with van der Waals surface area (Å²) in [6.45, 7) is 4.52. The van der Waals surface area contributed by atoms with Gasteiger partial charge < -0.3 is 13.6 Å². The number of fused-ring (bicyclic) bond motifs is 9. The van der Waals surface area contributed by atoms with E-state index < -0.39 is 0 Å². The molecule has 0 aliphatic rings. The van der Waals surface area contributed by atoms with E-state index in [1.165, 1.54) is 60.3 Å². The largest absolute Gasteiger partial charge is 0.456 e. The molecule has 0 fully saturated rings. The smallest absolute Gasteiger partial charge is 0.135 e. The zero-order valence-electron chi connectivity index (χ0n) is 26.8. The van der Waals surface area contributed by atoms with Gasteiger partial charge in [0.1, 0.15) is 11.2 Å². The summed E-state index contributed by atoms with van der Waals surface area (Å²) < 4.78 is 11.2. The van der Waals surface area contributed by atoms with Crippen LogP contribution in [0.15, 0.2) is 156 Å². The summed E-state index contributed by atoms with van der Waals surface area (Å²) >= 11 is 0. The average Bonchev–Trinajstić information content (AvgIpc) is 3.78. The molecule has 0 aliphatic heterocycles. The lowest BCUT2D eigenvalue weighted by molar-refractivity contribution is 0.669. The Labute approximate surface area is 277 Å². The third kappa shape index (κ3) is 3.94. The monoisotopic (exact) mass is 616 g/mol. The van der Waals surface area contributed by atoms with Crippen molar-refractivity contribution < 1.29 is 4.42 Å². The van der Waals surface area contributed by atoms with Crippen molar-refractivity contribution in [3.63, 3.8) is 0 Å². The van der Waals surface area contributed by atoms with Crippen molar-refractivity contribution in [2.75, 3.05) is 0 Å². The van der Waals surface area contributed by atoms with Crippen molar-refractivity contribution in [1.29, 1.82) is 0 Å². The van der Waals surface area contributed by atoms with Crippen LogP contribution in [-0.2, 0) is 0 Å². The highest BCUT2D eigenvalue weighted by Gasteiger charge is 2.18. The van der Waals surface area contributed by atoms with Gasteiger partial charge in [0.2, 0.25) is 0 Å². The number of nitrogens with zero attached hydrogens (tertiary/aromatic N) is 2. The maximum absolute atomic E-state index is 6.44. The number of furan rings is 1. The Morgan fingerprint density at radius 1 is 0.396 bits per heavy atom. The SMILES string of the molecule is CC(C)c1ccc2c(c1)c1ccccc1n2-c1ccc2oc3ccc(-n4c5ccccc5c5cc(-c6ccccc6)ccc54)cc3c2c1. The minimum Gasteiger partial charge on any atom is -0.456 e. The molecule has 0 amide bonds. The number of aromatic nitrogens is 2. The van der Waals surface area contributed by atoms with Gasteiger partial charge in [-0.05, 0) is 95.4 Å². The summed E-state index contributed by atoms with van der Waals surface area (Å²) in [5.74, 6) is 0.472. The van der Waals surface area contributed by atoms with Gasteiger partial charge in [0.25, 0.3) is 0 Å². The molecule has 0 aliphatic carbocycles. The Hall–Kier alpha value is -6.06. The van der Waals surface area contributed by atoms with E-state index in [2.05, 4.69) is 175 Å². The molecule has 0 radical (unpaired) electrons. The van der Waals surface area contributed by atoms with E-state index in [4.69, 9.17) is 4.42 Å². The van der Waals surface area contributed by atoms with Crippen molar-refractivity contribution in [3.05, 3.63) is 157 Å². The number of benzene rings is 7. The van der Waals surface area contributed by atoms with Crippen LogP contribution in [-0.4, -0.2) is 9.13 Å². The van der Waals surface area contributed by atoms with Gasteiger partial charge in [-0.25, -0.2) is 0 Å². The summed E-state index contributed by atoms with van der Waals surface area (Å²) in [6.07, 6.45) is 0. The topological polar surface area (TPSA) is 23.0 Å². The molecule has 0 saturated heterocycles. The molecule has 0 atom stereocenters. The minimum absolute atomic E-state index is 0.472. The minimum atomic E-state index is 0.472. The predicted molar refractivity (Wildman–Crippen MR) is 202 cm³/mol. The van der Waals surface area contributed by atoms with Gasteiger partial charge >= 0.3 is 0 Å². The van der Waals surface area contributed by atoms with Gasteiger partial charge in [-0.2, -0.15) is 0 Å². The summed E-state index contributed by atoms with van der Waals surface area (Å²) in [4.78, 5) is 0. The van der Waals surface area contributed by atoms with Gasteiger partial charge in [0.15, 0.2) is 0 Å². The fourth-order valence-corrected chi connectivity index (χ4v) is 7.72. The van der Waals surface area contributed by atoms with E-state index in [1.54, 1.807) is 0 Å². The van der Waals surface area contributed by atoms with Gasteiger partial charge in [-0.15, -0.1) is 0 Å². The Bertz CT molecular complexity index is 2860. The fraction of sp³-hybridized carbons (Fsp3) is 0.0667. The fourth-order valence-electron chi connectivity index (χ4n) is 7.72. The molecule has 0 unspecified atom stereocenters. The summed E-state index contributed by atoms with van der Waals surface area (Å²) in [5.41, 5.74) is 12.6. The van der Waals surface area contributed by atoms with E-state index in [0.717, 1.165) is 33.3 Å². The molecule has 3 heteroatoms. The Morgan fingerprint density at radius 3 is 1.52 bits per heavy atom. The van der Waals surface area contributed by atoms with Gasteiger partial charge in [0, 0.05) is 43.7 Å². The lowest BCUT2D eigenvalue weighted by Crippen LogP contribution is -1.94. The average molecular weight is 617 g/mol. The predicted octanol–water partition coefficient (Wildman–Crippen LogP) is 12.6. The maximum atomic E-state index is 6.44. The molecular formula is C45H32N2O. The van der Waals surface area contributed by atoms with E-state index >= 15 is 0 Å². The van der Waals surface area contributed by atoms with Crippen molar-refractivity contribution in [2.45, 2.75) is 19.8 Å². The highest BCUT2D eigenvalue weighted by Crippen LogP contribution is 2.39. The molecule has 3 aromatic heterocycles. The quantitative estimate of drug-likeness (QED) is 0.193. The van der Waals surface area contributed by atoms with E-state index in [-0.39, 0.29) is 0 Å². The van der Waals surface area contributed by atoms with Crippen molar-refractivity contribution in [3.8, 4) is 22.5 Å². The molecule has 0 bridgehead atoms. The van der Waals surface area contributed by atoms with Crippen molar-refractivity contribution in [2.24, 2.45) is 0 Å². The van der Waals surface area contributed by atoms with Crippen molar-refractivity contribution >= 4 is 65.6 Å². The first-order chi connectivity index (χ1) is 23.6. The van der Waals surface area contributed by atoms with Crippen LogP contribution in [0.5, 0.6) is 0 Å². The Kier molecular flexibility index (Phi) is 5.77. The normalized spacial score (nSPS) is 12.1. The second-order valence-electron chi connectivity index (χ2n) is 13.2.